The fraction of sp³-hybridized carbons (Fsp3) is 0.136. The third kappa shape index (κ3) is 2.61. The zero-order valence-corrected chi connectivity index (χ0v) is 13.4. The Hall–Kier alpha value is -2.87. The molecule has 0 fully saturated rings. The van der Waals surface area contributed by atoms with E-state index < -0.39 is 0 Å². The molecule has 1 amide bonds. The van der Waals surface area contributed by atoms with Gasteiger partial charge in [-0.15, -0.1) is 0 Å². The molecule has 3 aromatic carbocycles. The molecule has 0 bridgehead atoms. The molecule has 0 aromatic heterocycles. The summed E-state index contributed by atoms with van der Waals surface area (Å²) in [5.74, 6) is -0.115. The van der Waals surface area contributed by atoms with Crippen molar-refractivity contribution in [3.63, 3.8) is 0 Å². The van der Waals surface area contributed by atoms with Gasteiger partial charge in [0.1, 0.15) is 0 Å². The Labute approximate surface area is 142 Å². The number of para-hydroxylation sites is 1. The number of fused-ring (bicyclic) bond motifs is 1. The third-order valence-corrected chi connectivity index (χ3v) is 4.67. The van der Waals surface area contributed by atoms with Gasteiger partial charge < -0.3 is 4.90 Å². The van der Waals surface area contributed by atoms with Crippen molar-refractivity contribution < 1.29 is 4.79 Å². The molecule has 2 nitrogen and oxygen atoms in total. The Bertz CT molecular complexity index is 803. The smallest absolute Gasteiger partial charge is 0.239 e. The van der Waals surface area contributed by atoms with Gasteiger partial charge in [0.25, 0.3) is 0 Å². The van der Waals surface area contributed by atoms with E-state index in [0.29, 0.717) is 0 Å². The zero-order chi connectivity index (χ0) is 16.4. The van der Waals surface area contributed by atoms with E-state index in [-0.39, 0.29) is 11.8 Å². The number of benzene rings is 3. The minimum Gasteiger partial charge on any atom is -0.311 e. The molecule has 3 aromatic rings. The standard InChI is InChI=1S/C22H19NO/c24-22(23-16-15-17-9-7-8-14-20(17)23)21(18-10-3-1-4-11-18)19-12-5-2-6-13-19/h1-14,21H,15-16H2. The van der Waals surface area contributed by atoms with Gasteiger partial charge in [0.2, 0.25) is 5.91 Å². The number of hydrogen-bond acceptors (Lipinski definition) is 1. The molecule has 1 heterocycles. The first-order valence-corrected chi connectivity index (χ1v) is 8.34. The maximum Gasteiger partial charge on any atom is 0.239 e. The Morgan fingerprint density at radius 3 is 1.92 bits per heavy atom. The summed E-state index contributed by atoms with van der Waals surface area (Å²) in [7, 11) is 0. The van der Waals surface area contributed by atoms with E-state index in [1.54, 1.807) is 0 Å². The van der Waals surface area contributed by atoms with Gasteiger partial charge >= 0.3 is 0 Å². The van der Waals surface area contributed by atoms with Crippen molar-refractivity contribution in [2.45, 2.75) is 12.3 Å². The van der Waals surface area contributed by atoms with E-state index in [2.05, 4.69) is 6.07 Å². The maximum atomic E-state index is 13.4. The van der Waals surface area contributed by atoms with Gasteiger partial charge in [-0.3, -0.25) is 4.79 Å². The number of rotatable bonds is 3. The summed E-state index contributed by atoms with van der Waals surface area (Å²) in [6.45, 7) is 0.758. The Kier molecular flexibility index (Phi) is 3.87. The van der Waals surface area contributed by atoms with Crippen LogP contribution >= 0.6 is 0 Å². The van der Waals surface area contributed by atoms with E-state index in [9.17, 15) is 4.79 Å². The second kappa shape index (κ2) is 6.32. The molecular weight excluding hydrogens is 294 g/mol. The zero-order valence-electron chi connectivity index (χ0n) is 13.4. The summed E-state index contributed by atoms with van der Waals surface area (Å²) in [6.07, 6.45) is 0.929. The number of amides is 1. The van der Waals surface area contributed by atoms with Crippen molar-refractivity contribution in [2.24, 2.45) is 0 Å². The van der Waals surface area contributed by atoms with Crippen molar-refractivity contribution >= 4 is 11.6 Å². The van der Waals surface area contributed by atoms with Gasteiger partial charge in [-0.1, -0.05) is 78.9 Å². The SMILES string of the molecule is O=C(C(c1ccccc1)c1ccccc1)N1CCc2ccccc21. The molecule has 24 heavy (non-hydrogen) atoms. The predicted molar refractivity (Wildman–Crippen MR) is 97.2 cm³/mol. The van der Waals surface area contributed by atoms with E-state index in [0.717, 1.165) is 29.8 Å². The van der Waals surface area contributed by atoms with Crippen molar-refractivity contribution in [3.8, 4) is 0 Å². The fourth-order valence-corrected chi connectivity index (χ4v) is 3.49. The monoisotopic (exact) mass is 313 g/mol. The number of hydrogen-bond donors (Lipinski definition) is 0. The molecule has 1 aliphatic rings. The molecule has 0 spiro atoms. The third-order valence-electron chi connectivity index (χ3n) is 4.67. The predicted octanol–water partition coefficient (Wildman–Crippen LogP) is 4.41. The summed E-state index contributed by atoms with van der Waals surface area (Å²) in [5, 5.41) is 0. The first-order chi connectivity index (χ1) is 11.8. The molecule has 2 heteroatoms. The summed E-state index contributed by atoms with van der Waals surface area (Å²) in [4.78, 5) is 15.4. The highest BCUT2D eigenvalue weighted by Gasteiger charge is 2.31. The van der Waals surface area contributed by atoms with Gasteiger partial charge in [0.05, 0.1) is 5.92 Å². The van der Waals surface area contributed by atoms with Gasteiger partial charge in [-0.2, -0.15) is 0 Å². The molecule has 118 valence electrons. The van der Waals surface area contributed by atoms with Crippen LogP contribution in [0.15, 0.2) is 84.9 Å². The average Bonchev–Trinajstić information content (AvgIpc) is 3.08. The van der Waals surface area contributed by atoms with Crippen LogP contribution in [0.3, 0.4) is 0 Å². The molecule has 0 radical (unpaired) electrons. The van der Waals surface area contributed by atoms with Crippen LogP contribution in [0.2, 0.25) is 0 Å². The average molecular weight is 313 g/mol. The quantitative estimate of drug-likeness (QED) is 0.701. The number of nitrogens with zero attached hydrogens (tertiary/aromatic N) is 1. The Morgan fingerprint density at radius 1 is 0.750 bits per heavy atom. The highest BCUT2D eigenvalue weighted by molar-refractivity contribution is 6.01. The minimum absolute atomic E-state index is 0.150. The first-order valence-electron chi connectivity index (χ1n) is 8.34. The maximum absolute atomic E-state index is 13.4. The van der Waals surface area contributed by atoms with Crippen LogP contribution in [0.5, 0.6) is 0 Å². The molecule has 0 atom stereocenters. The Morgan fingerprint density at radius 2 is 1.29 bits per heavy atom. The lowest BCUT2D eigenvalue weighted by Gasteiger charge is -2.25. The first kappa shape index (κ1) is 14.7. The lowest BCUT2D eigenvalue weighted by Crippen LogP contribution is -2.34. The van der Waals surface area contributed by atoms with E-state index in [4.69, 9.17) is 0 Å². The largest absolute Gasteiger partial charge is 0.311 e. The van der Waals surface area contributed by atoms with Crippen LogP contribution in [-0.2, 0) is 11.2 Å². The topological polar surface area (TPSA) is 20.3 Å². The molecule has 0 saturated carbocycles. The van der Waals surface area contributed by atoms with Crippen LogP contribution in [0.1, 0.15) is 22.6 Å². The number of carbonyl (C=O) groups excluding carboxylic acids is 1. The summed E-state index contributed by atoms with van der Waals surface area (Å²) in [5.41, 5.74) is 4.39. The second-order valence-electron chi connectivity index (χ2n) is 6.12. The lowest BCUT2D eigenvalue weighted by molar-refractivity contribution is -0.119. The normalized spacial score (nSPS) is 13.1. The van der Waals surface area contributed by atoms with Crippen molar-refractivity contribution in [2.75, 3.05) is 11.4 Å². The van der Waals surface area contributed by atoms with E-state index >= 15 is 0 Å². The molecule has 4 rings (SSSR count). The lowest BCUT2D eigenvalue weighted by atomic mass is 9.90. The summed E-state index contributed by atoms with van der Waals surface area (Å²) >= 11 is 0. The molecule has 0 aliphatic carbocycles. The molecule has 0 saturated heterocycles. The molecule has 0 unspecified atom stereocenters. The highest BCUT2D eigenvalue weighted by atomic mass is 16.2. The molecule has 0 N–H and O–H groups in total. The fourth-order valence-electron chi connectivity index (χ4n) is 3.49. The van der Waals surface area contributed by atoms with Crippen LogP contribution in [0.4, 0.5) is 5.69 Å². The van der Waals surface area contributed by atoms with Crippen molar-refractivity contribution in [3.05, 3.63) is 102 Å². The van der Waals surface area contributed by atoms with Crippen molar-refractivity contribution in [1.82, 2.24) is 0 Å². The van der Waals surface area contributed by atoms with Crippen molar-refractivity contribution in [1.29, 1.82) is 0 Å². The summed E-state index contributed by atoms with van der Waals surface area (Å²) in [6, 6.07) is 28.3. The van der Waals surface area contributed by atoms with E-state index in [1.165, 1.54) is 5.56 Å². The van der Waals surface area contributed by atoms with Crippen LogP contribution in [-0.4, -0.2) is 12.5 Å². The van der Waals surface area contributed by atoms with Gasteiger partial charge in [0, 0.05) is 12.2 Å². The Balaban J connectivity index is 1.76. The van der Waals surface area contributed by atoms with E-state index in [1.807, 2.05) is 83.8 Å². The van der Waals surface area contributed by atoms with Gasteiger partial charge in [0.15, 0.2) is 0 Å². The molecular formula is C22H19NO. The molecule has 1 aliphatic heterocycles. The minimum atomic E-state index is -0.265. The number of anilines is 1. The summed E-state index contributed by atoms with van der Waals surface area (Å²) < 4.78 is 0. The van der Waals surface area contributed by atoms with Gasteiger partial charge in [-0.05, 0) is 29.2 Å². The van der Waals surface area contributed by atoms with Crippen LogP contribution in [0, 0.1) is 0 Å². The number of carbonyl (C=O) groups is 1. The second-order valence-corrected chi connectivity index (χ2v) is 6.12. The van der Waals surface area contributed by atoms with Crippen LogP contribution < -0.4 is 4.90 Å². The van der Waals surface area contributed by atoms with Crippen LogP contribution in [0.25, 0.3) is 0 Å². The van der Waals surface area contributed by atoms with Gasteiger partial charge in [-0.25, -0.2) is 0 Å². The highest BCUT2D eigenvalue weighted by Crippen LogP contribution is 2.33.